The summed E-state index contributed by atoms with van der Waals surface area (Å²) in [5.74, 6) is -0.147. The Labute approximate surface area is 121 Å². The van der Waals surface area contributed by atoms with Crippen LogP contribution in [-0.2, 0) is 0 Å². The van der Waals surface area contributed by atoms with E-state index in [-0.39, 0.29) is 11.9 Å². The molecule has 1 heterocycles. The van der Waals surface area contributed by atoms with Crippen LogP contribution in [0.4, 0.5) is 4.39 Å². The van der Waals surface area contributed by atoms with Gasteiger partial charge in [-0.25, -0.2) is 4.39 Å². The molecule has 0 bridgehead atoms. The summed E-state index contributed by atoms with van der Waals surface area (Å²) in [4.78, 5) is 4.61. The summed E-state index contributed by atoms with van der Waals surface area (Å²) in [6.07, 6.45) is 2.24. The molecule has 0 amide bonds. The standard InChI is InChI=1S/C16H26FN3/c1-12-4-5-15(17)14(10-12)16(11-18)20(3)13-6-8-19(2)9-7-13/h4-5,10,13,16H,6-9,11,18H2,1-3H3. The number of likely N-dealkylation sites (N-methyl/N-ethyl adjacent to an activating group) is 1. The predicted octanol–water partition coefficient (Wildman–Crippen LogP) is 2.16. The van der Waals surface area contributed by atoms with Gasteiger partial charge in [-0.1, -0.05) is 17.7 Å². The first-order chi connectivity index (χ1) is 9.52. The van der Waals surface area contributed by atoms with E-state index in [4.69, 9.17) is 5.73 Å². The topological polar surface area (TPSA) is 32.5 Å². The van der Waals surface area contributed by atoms with Crippen molar-refractivity contribution >= 4 is 0 Å². The molecule has 1 aliphatic rings. The number of hydrogen-bond donors (Lipinski definition) is 1. The molecule has 0 aliphatic carbocycles. The van der Waals surface area contributed by atoms with Crippen molar-refractivity contribution < 1.29 is 4.39 Å². The number of hydrogen-bond acceptors (Lipinski definition) is 3. The highest BCUT2D eigenvalue weighted by atomic mass is 19.1. The molecule has 0 saturated carbocycles. The van der Waals surface area contributed by atoms with Crippen LogP contribution in [0.25, 0.3) is 0 Å². The molecule has 1 saturated heterocycles. The molecule has 1 fully saturated rings. The average Bonchev–Trinajstić information content (AvgIpc) is 2.44. The van der Waals surface area contributed by atoms with Gasteiger partial charge in [-0.15, -0.1) is 0 Å². The van der Waals surface area contributed by atoms with E-state index >= 15 is 0 Å². The van der Waals surface area contributed by atoms with Crippen molar-refractivity contribution in [1.29, 1.82) is 0 Å². The van der Waals surface area contributed by atoms with Gasteiger partial charge >= 0.3 is 0 Å². The van der Waals surface area contributed by atoms with E-state index in [2.05, 4.69) is 23.9 Å². The molecule has 2 N–H and O–H groups in total. The van der Waals surface area contributed by atoms with Crippen LogP contribution in [0.3, 0.4) is 0 Å². The van der Waals surface area contributed by atoms with Crippen LogP contribution < -0.4 is 5.73 Å². The van der Waals surface area contributed by atoms with Crippen LogP contribution in [0, 0.1) is 12.7 Å². The number of likely N-dealkylation sites (tertiary alicyclic amines) is 1. The number of rotatable bonds is 4. The lowest BCUT2D eigenvalue weighted by Gasteiger charge is -2.39. The van der Waals surface area contributed by atoms with Crippen LogP contribution in [0.1, 0.15) is 30.0 Å². The Morgan fingerprint density at radius 2 is 2.05 bits per heavy atom. The minimum absolute atomic E-state index is 0.0386. The molecule has 0 radical (unpaired) electrons. The van der Waals surface area contributed by atoms with Gasteiger partial charge in [0.2, 0.25) is 0 Å². The zero-order chi connectivity index (χ0) is 14.7. The minimum atomic E-state index is -0.147. The van der Waals surface area contributed by atoms with E-state index in [0.29, 0.717) is 12.6 Å². The largest absolute Gasteiger partial charge is 0.329 e. The average molecular weight is 279 g/mol. The maximum absolute atomic E-state index is 14.1. The fraction of sp³-hybridized carbons (Fsp3) is 0.625. The van der Waals surface area contributed by atoms with Crippen molar-refractivity contribution in [2.75, 3.05) is 33.7 Å². The van der Waals surface area contributed by atoms with Gasteiger partial charge in [-0.2, -0.15) is 0 Å². The molecule has 0 aromatic heterocycles. The third kappa shape index (κ3) is 3.37. The first-order valence-corrected chi connectivity index (χ1v) is 7.39. The fourth-order valence-corrected chi connectivity index (χ4v) is 3.09. The fourth-order valence-electron chi connectivity index (χ4n) is 3.09. The van der Waals surface area contributed by atoms with Crippen molar-refractivity contribution in [2.45, 2.75) is 31.8 Å². The molecular weight excluding hydrogens is 253 g/mol. The van der Waals surface area contributed by atoms with E-state index in [1.165, 1.54) is 0 Å². The van der Waals surface area contributed by atoms with Gasteiger partial charge < -0.3 is 10.6 Å². The maximum atomic E-state index is 14.1. The Bertz CT molecular complexity index is 441. The van der Waals surface area contributed by atoms with E-state index in [1.807, 2.05) is 19.1 Å². The molecule has 3 nitrogen and oxygen atoms in total. The number of nitrogens with two attached hydrogens (primary N) is 1. The Morgan fingerprint density at radius 1 is 1.40 bits per heavy atom. The number of benzene rings is 1. The minimum Gasteiger partial charge on any atom is -0.329 e. The van der Waals surface area contributed by atoms with Gasteiger partial charge in [0.15, 0.2) is 0 Å². The molecule has 20 heavy (non-hydrogen) atoms. The lowest BCUT2D eigenvalue weighted by molar-refractivity contribution is 0.108. The highest BCUT2D eigenvalue weighted by Gasteiger charge is 2.27. The van der Waals surface area contributed by atoms with Crippen LogP contribution in [0.5, 0.6) is 0 Å². The van der Waals surface area contributed by atoms with Gasteiger partial charge in [0, 0.05) is 24.2 Å². The van der Waals surface area contributed by atoms with Crippen molar-refractivity contribution in [1.82, 2.24) is 9.80 Å². The maximum Gasteiger partial charge on any atom is 0.128 e. The third-order valence-corrected chi connectivity index (χ3v) is 4.49. The van der Waals surface area contributed by atoms with E-state index in [9.17, 15) is 4.39 Å². The van der Waals surface area contributed by atoms with Crippen LogP contribution in [0.2, 0.25) is 0 Å². The molecule has 0 spiro atoms. The SMILES string of the molecule is Cc1ccc(F)c(C(CN)N(C)C2CCN(C)CC2)c1. The molecule has 4 heteroatoms. The van der Waals surface area contributed by atoms with Crippen LogP contribution in [0.15, 0.2) is 18.2 Å². The Morgan fingerprint density at radius 3 is 2.65 bits per heavy atom. The Hall–Kier alpha value is -0.970. The normalized spacial score (nSPS) is 19.5. The number of piperidine rings is 1. The van der Waals surface area contributed by atoms with Crippen molar-refractivity contribution in [3.05, 3.63) is 35.1 Å². The third-order valence-electron chi connectivity index (χ3n) is 4.49. The van der Waals surface area contributed by atoms with Crippen molar-refractivity contribution in [3.8, 4) is 0 Å². The highest BCUT2D eigenvalue weighted by Crippen LogP contribution is 2.27. The van der Waals surface area contributed by atoms with Crippen LogP contribution in [-0.4, -0.2) is 49.6 Å². The second kappa shape index (κ2) is 6.66. The summed E-state index contributed by atoms with van der Waals surface area (Å²) in [5, 5.41) is 0. The quantitative estimate of drug-likeness (QED) is 0.917. The molecular formula is C16H26FN3. The summed E-state index contributed by atoms with van der Waals surface area (Å²) in [6, 6.07) is 5.73. The monoisotopic (exact) mass is 279 g/mol. The zero-order valence-corrected chi connectivity index (χ0v) is 12.8. The Kier molecular flexibility index (Phi) is 5.13. The molecule has 1 atom stereocenters. The van der Waals surface area contributed by atoms with Crippen molar-refractivity contribution in [2.24, 2.45) is 5.73 Å². The summed E-state index contributed by atoms with van der Waals surface area (Å²) in [7, 11) is 4.23. The van der Waals surface area contributed by atoms with Gasteiger partial charge in [-0.05, 0) is 53.0 Å². The lowest BCUT2D eigenvalue weighted by Crippen LogP contribution is -2.45. The number of aryl methyl sites for hydroxylation is 1. The lowest BCUT2D eigenvalue weighted by atomic mass is 9.97. The smallest absolute Gasteiger partial charge is 0.128 e. The second-order valence-corrected chi connectivity index (χ2v) is 5.98. The van der Waals surface area contributed by atoms with Gasteiger partial charge in [0.25, 0.3) is 0 Å². The zero-order valence-electron chi connectivity index (χ0n) is 12.8. The molecule has 1 unspecified atom stereocenters. The van der Waals surface area contributed by atoms with Crippen LogP contribution >= 0.6 is 0 Å². The molecule has 1 aliphatic heterocycles. The summed E-state index contributed by atoms with van der Waals surface area (Å²) in [5.41, 5.74) is 7.75. The predicted molar refractivity (Wildman–Crippen MR) is 81.2 cm³/mol. The number of nitrogens with zero attached hydrogens (tertiary/aromatic N) is 2. The van der Waals surface area contributed by atoms with Gasteiger partial charge in [0.1, 0.15) is 5.82 Å². The number of halogens is 1. The van der Waals surface area contributed by atoms with E-state index in [1.54, 1.807) is 6.07 Å². The molecule has 1 aromatic carbocycles. The van der Waals surface area contributed by atoms with Gasteiger partial charge in [-0.3, -0.25) is 4.90 Å². The Balaban J connectivity index is 2.16. The molecule has 2 rings (SSSR count). The highest BCUT2D eigenvalue weighted by molar-refractivity contribution is 5.27. The first kappa shape index (κ1) is 15.4. The molecule has 112 valence electrons. The summed E-state index contributed by atoms with van der Waals surface area (Å²) in [6.45, 7) is 4.64. The second-order valence-electron chi connectivity index (χ2n) is 5.98. The van der Waals surface area contributed by atoms with Crippen molar-refractivity contribution in [3.63, 3.8) is 0 Å². The van der Waals surface area contributed by atoms with E-state index < -0.39 is 0 Å². The van der Waals surface area contributed by atoms with E-state index in [0.717, 1.165) is 37.1 Å². The first-order valence-electron chi connectivity index (χ1n) is 7.39. The molecule has 1 aromatic rings. The summed E-state index contributed by atoms with van der Waals surface area (Å²) < 4.78 is 14.1. The van der Waals surface area contributed by atoms with Gasteiger partial charge in [0.05, 0.1) is 0 Å². The summed E-state index contributed by atoms with van der Waals surface area (Å²) >= 11 is 0.